The van der Waals surface area contributed by atoms with E-state index in [1.165, 1.54) is 7.11 Å². The summed E-state index contributed by atoms with van der Waals surface area (Å²) < 4.78 is 10.9. The summed E-state index contributed by atoms with van der Waals surface area (Å²) in [6.07, 6.45) is 0. The Morgan fingerprint density at radius 3 is 2.55 bits per heavy atom. The molecule has 0 spiro atoms. The van der Waals surface area contributed by atoms with Crippen LogP contribution >= 0.6 is 15.9 Å². The minimum Gasteiger partial charge on any atom is -0.496 e. The Morgan fingerprint density at radius 2 is 1.95 bits per heavy atom. The average Bonchev–Trinajstić information content (AvgIpc) is 2.59. The first kappa shape index (κ1) is 16.1. The molecule has 0 amide bonds. The fourth-order valence-corrected chi connectivity index (χ4v) is 2.21. The van der Waals surface area contributed by atoms with Crippen LogP contribution in [0.4, 0.5) is 0 Å². The Bertz CT molecular complexity index is 705. The molecule has 0 aromatic heterocycles. The van der Waals surface area contributed by atoms with Crippen molar-refractivity contribution in [2.24, 2.45) is 0 Å². The maximum Gasteiger partial charge on any atom is 0.177 e. The summed E-state index contributed by atoms with van der Waals surface area (Å²) in [6.45, 7) is 0.376. The lowest BCUT2D eigenvalue weighted by Crippen LogP contribution is -2.04. The van der Waals surface area contributed by atoms with Gasteiger partial charge < -0.3 is 9.47 Å². The number of nitriles is 1. The van der Waals surface area contributed by atoms with Crippen LogP contribution in [0.5, 0.6) is 11.5 Å². The molecule has 0 aliphatic heterocycles. The lowest BCUT2D eigenvalue weighted by molar-refractivity contribution is 0.102. The van der Waals surface area contributed by atoms with Gasteiger partial charge in [0, 0.05) is 6.07 Å². The molecule has 0 saturated carbocycles. The molecule has 0 saturated heterocycles. The van der Waals surface area contributed by atoms with E-state index in [1.807, 2.05) is 12.1 Å². The summed E-state index contributed by atoms with van der Waals surface area (Å²) in [7, 11) is 1.52. The molecule has 0 N–H and O–H groups in total. The number of halogens is 1. The third-order valence-corrected chi connectivity index (χ3v) is 3.59. The topological polar surface area (TPSA) is 59.3 Å². The number of Topliss-reactive ketones (excluding diaryl/α,β-unsaturated/α-hetero) is 1. The normalized spacial score (nSPS) is 9.86. The van der Waals surface area contributed by atoms with Gasteiger partial charge in [0.2, 0.25) is 0 Å². The van der Waals surface area contributed by atoms with Crippen molar-refractivity contribution in [2.75, 3.05) is 12.4 Å². The monoisotopic (exact) mass is 359 g/mol. The van der Waals surface area contributed by atoms with Gasteiger partial charge in [-0.3, -0.25) is 4.79 Å². The standard InChI is InChI=1S/C17H14BrNO3/c1-21-17-8-14(6-7-15(17)16(20)9-18)22-11-13-4-2-12(10-19)3-5-13/h2-8H,9,11H2,1H3. The van der Waals surface area contributed by atoms with E-state index in [0.29, 0.717) is 29.2 Å². The minimum atomic E-state index is -0.0458. The third-order valence-electron chi connectivity index (χ3n) is 3.08. The van der Waals surface area contributed by atoms with Crippen molar-refractivity contribution in [3.63, 3.8) is 0 Å². The Kier molecular flexibility index (Phi) is 5.56. The highest BCUT2D eigenvalue weighted by Gasteiger charge is 2.12. The van der Waals surface area contributed by atoms with Crippen molar-refractivity contribution in [3.8, 4) is 17.6 Å². The molecular weight excluding hydrogens is 346 g/mol. The zero-order valence-corrected chi connectivity index (χ0v) is 13.6. The number of benzene rings is 2. The molecule has 0 unspecified atom stereocenters. The van der Waals surface area contributed by atoms with Crippen LogP contribution in [0.3, 0.4) is 0 Å². The molecule has 4 nitrogen and oxygen atoms in total. The van der Waals surface area contributed by atoms with E-state index in [2.05, 4.69) is 22.0 Å². The molecule has 22 heavy (non-hydrogen) atoms. The fraction of sp³-hybridized carbons (Fsp3) is 0.176. The Hall–Kier alpha value is -2.32. The van der Waals surface area contributed by atoms with Crippen LogP contribution in [-0.4, -0.2) is 18.2 Å². The number of ether oxygens (including phenoxy) is 2. The second-order valence-corrected chi connectivity index (χ2v) is 5.08. The van der Waals surface area contributed by atoms with Crippen molar-refractivity contribution >= 4 is 21.7 Å². The van der Waals surface area contributed by atoms with E-state index in [9.17, 15) is 4.79 Å². The number of alkyl halides is 1. The predicted octanol–water partition coefficient (Wildman–Crippen LogP) is 3.72. The SMILES string of the molecule is COc1cc(OCc2ccc(C#N)cc2)ccc1C(=O)CBr. The maximum atomic E-state index is 11.8. The molecule has 0 fully saturated rings. The van der Waals surface area contributed by atoms with Crippen molar-refractivity contribution in [3.05, 3.63) is 59.2 Å². The summed E-state index contributed by atoms with van der Waals surface area (Å²) in [4.78, 5) is 11.8. The molecule has 0 bridgehead atoms. The van der Waals surface area contributed by atoms with Crippen molar-refractivity contribution in [2.45, 2.75) is 6.61 Å². The Morgan fingerprint density at radius 1 is 1.23 bits per heavy atom. The van der Waals surface area contributed by atoms with Gasteiger partial charge in [0.05, 0.1) is 29.6 Å². The molecule has 5 heteroatoms. The number of methoxy groups -OCH3 is 1. The van der Waals surface area contributed by atoms with Crippen LogP contribution < -0.4 is 9.47 Å². The molecule has 0 heterocycles. The maximum absolute atomic E-state index is 11.8. The largest absolute Gasteiger partial charge is 0.496 e. The second-order valence-electron chi connectivity index (χ2n) is 4.52. The minimum absolute atomic E-state index is 0.0458. The van der Waals surface area contributed by atoms with E-state index in [4.69, 9.17) is 14.7 Å². The molecule has 2 aromatic rings. The van der Waals surface area contributed by atoms with Crippen LogP contribution in [0.1, 0.15) is 21.5 Å². The summed E-state index contributed by atoms with van der Waals surface area (Å²) in [6, 6.07) is 14.4. The molecule has 0 atom stereocenters. The van der Waals surface area contributed by atoms with Gasteiger partial charge in [0.25, 0.3) is 0 Å². The molecule has 0 radical (unpaired) electrons. The highest BCUT2D eigenvalue weighted by atomic mass is 79.9. The van der Waals surface area contributed by atoms with Crippen LogP contribution in [0.2, 0.25) is 0 Å². The van der Waals surface area contributed by atoms with E-state index in [-0.39, 0.29) is 11.1 Å². The van der Waals surface area contributed by atoms with Gasteiger partial charge in [-0.1, -0.05) is 28.1 Å². The van der Waals surface area contributed by atoms with Crippen molar-refractivity contribution in [1.29, 1.82) is 5.26 Å². The fourth-order valence-electron chi connectivity index (χ4n) is 1.91. The van der Waals surface area contributed by atoms with Gasteiger partial charge in [-0.25, -0.2) is 0 Å². The number of ketones is 1. The third kappa shape index (κ3) is 3.86. The van der Waals surface area contributed by atoms with Gasteiger partial charge in [-0.15, -0.1) is 0 Å². The quantitative estimate of drug-likeness (QED) is 0.582. The zero-order valence-electron chi connectivity index (χ0n) is 12.0. The molecule has 0 aliphatic rings. The summed E-state index contributed by atoms with van der Waals surface area (Å²) in [5, 5.41) is 9.00. The van der Waals surface area contributed by atoms with Crippen molar-refractivity contribution < 1.29 is 14.3 Å². The molecular formula is C17H14BrNO3. The van der Waals surface area contributed by atoms with Crippen LogP contribution in [-0.2, 0) is 6.61 Å². The Balaban J connectivity index is 2.09. The molecule has 0 aliphatic carbocycles. The number of hydrogen-bond donors (Lipinski definition) is 0. The van der Waals surface area contributed by atoms with E-state index >= 15 is 0 Å². The lowest BCUT2D eigenvalue weighted by atomic mass is 10.1. The first-order valence-corrected chi connectivity index (χ1v) is 7.69. The van der Waals surface area contributed by atoms with Crippen LogP contribution in [0.25, 0.3) is 0 Å². The molecule has 2 aromatic carbocycles. The van der Waals surface area contributed by atoms with E-state index in [1.54, 1.807) is 30.3 Å². The van der Waals surface area contributed by atoms with Crippen molar-refractivity contribution in [1.82, 2.24) is 0 Å². The zero-order chi connectivity index (χ0) is 15.9. The highest BCUT2D eigenvalue weighted by Crippen LogP contribution is 2.26. The lowest BCUT2D eigenvalue weighted by Gasteiger charge is -2.11. The first-order valence-electron chi connectivity index (χ1n) is 6.57. The molecule has 2 rings (SSSR count). The van der Waals surface area contributed by atoms with Crippen LogP contribution in [0, 0.1) is 11.3 Å². The predicted molar refractivity (Wildman–Crippen MR) is 86.6 cm³/mol. The van der Waals surface area contributed by atoms with Gasteiger partial charge >= 0.3 is 0 Å². The average molecular weight is 360 g/mol. The number of carbonyl (C=O) groups is 1. The Labute approximate surface area is 137 Å². The molecule has 112 valence electrons. The number of carbonyl (C=O) groups excluding carboxylic acids is 1. The first-order chi connectivity index (χ1) is 10.7. The number of rotatable bonds is 6. The van der Waals surface area contributed by atoms with E-state index in [0.717, 1.165) is 5.56 Å². The number of hydrogen-bond acceptors (Lipinski definition) is 4. The summed E-state index contributed by atoms with van der Waals surface area (Å²) in [5.41, 5.74) is 2.09. The van der Waals surface area contributed by atoms with E-state index < -0.39 is 0 Å². The van der Waals surface area contributed by atoms with Gasteiger partial charge in [-0.05, 0) is 29.8 Å². The summed E-state index contributed by atoms with van der Waals surface area (Å²) in [5.74, 6) is 1.06. The van der Waals surface area contributed by atoms with Crippen LogP contribution in [0.15, 0.2) is 42.5 Å². The van der Waals surface area contributed by atoms with Gasteiger partial charge in [-0.2, -0.15) is 5.26 Å². The van der Waals surface area contributed by atoms with Gasteiger partial charge in [0.1, 0.15) is 18.1 Å². The summed E-state index contributed by atoms with van der Waals surface area (Å²) >= 11 is 3.15. The number of nitrogens with zero attached hydrogens (tertiary/aromatic N) is 1. The smallest absolute Gasteiger partial charge is 0.177 e. The highest BCUT2D eigenvalue weighted by molar-refractivity contribution is 9.09. The second kappa shape index (κ2) is 7.62. The van der Waals surface area contributed by atoms with Gasteiger partial charge in [0.15, 0.2) is 5.78 Å².